The lowest BCUT2D eigenvalue weighted by atomic mass is 10.2. The van der Waals surface area contributed by atoms with Crippen LogP contribution in [0.3, 0.4) is 0 Å². The van der Waals surface area contributed by atoms with Crippen molar-refractivity contribution in [3.8, 4) is 5.75 Å². The van der Waals surface area contributed by atoms with Crippen LogP contribution in [0.4, 0.5) is 11.6 Å². The Kier molecular flexibility index (Phi) is 4.51. The molecule has 2 heterocycles. The predicted octanol–water partition coefficient (Wildman–Crippen LogP) is 2.20. The molecular formula is C12H17N5OS. The van der Waals surface area contributed by atoms with Crippen LogP contribution in [-0.4, -0.2) is 35.7 Å². The number of methoxy groups -OCH3 is 1. The summed E-state index contributed by atoms with van der Waals surface area (Å²) in [5.74, 6) is 2.29. The molecule has 0 bridgehead atoms. The Labute approximate surface area is 116 Å². The van der Waals surface area contributed by atoms with E-state index in [4.69, 9.17) is 4.74 Å². The average molecular weight is 279 g/mol. The fourth-order valence-electron chi connectivity index (χ4n) is 1.69. The smallest absolute Gasteiger partial charge is 0.204 e. The van der Waals surface area contributed by atoms with E-state index in [0.717, 1.165) is 11.6 Å². The Balaban J connectivity index is 2.07. The third kappa shape index (κ3) is 3.11. The van der Waals surface area contributed by atoms with E-state index in [-0.39, 0.29) is 0 Å². The summed E-state index contributed by atoms with van der Waals surface area (Å²) in [6.07, 6.45) is 3.33. The van der Waals surface area contributed by atoms with Gasteiger partial charge in [0.1, 0.15) is 6.33 Å². The van der Waals surface area contributed by atoms with Crippen molar-refractivity contribution in [1.29, 1.82) is 0 Å². The molecule has 1 unspecified atom stereocenters. The number of nitrogens with zero attached hydrogens (tertiary/aromatic N) is 3. The highest BCUT2D eigenvalue weighted by Crippen LogP contribution is 2.29. The summed E-state index contributed by atoms with van der Waals surface area (Å²) < 4.78 is 5.33. The Morgan fingerprint density at radius 1 is 1.32 bits per heavy atom. The highest BCUT2D eigenvalue weighted by molar-refractivity contribution is 7.09. The minimum Gasteiger partial charge on any atom is -0.490 e. The first kappa shape index (κ1) is 13.5. The summed E-state index contributed by atoms with van der Waals surface area (Å²) in [5.41, 5.74) is 0. The van der Waals surface area contributed by atoms with Crippen LogP contribution in [0.1, 0.15) is 17.8 Å². The first-order valence-electron chi connectivity index (χ1n) is 5.96. The quantitative estimate of drug-likeness (QED) is 0.844. The summed E-state index contributed by atoms with van der Waals surface area (Å²) in [6, 6.07) is 0. The highest BCUT2D eigenvalue weighted by atomic mass is 32.1. The fraction of sp³-hybridized carbons (Fsp3) is 0.417. The molecule has 0 saturated heterocycles. The average Bonchev–Trinajstić information content (AvgIpc) is 2.98. The number of rotatable bonds is 6. The van der Waals surface area contributed by atoms with E-state index in [2.05, 4.69) is 32.5 Å². The molecule has 0 aromatic carbocycles. The van der Waals surface area contributed by atoms with Crippen LogP contribution in [0.5, 0.6) is 5.75 Å². The Hall–Kier alpha value is -1.89. The number of hydrogen-bond donors (Lipinski definition) is 2. The van der Waals surface area contributed by atoms with Crippen molar-refractivity contribution in [3.63, 3.8) is 0 Å². The molecule has 0 fully saturated rings. The maximum Gasteiger partial charge on any atom is 0.204 e. The highest BCUT2D eigenvalue weighted by Gasteiger charge is 2.13. The number of anilines is 2. The Morgan fingerprint density at radius 2 is 2.11 bits per heavy atom. The molecule has 2 N–H and O–H groups in total. The molecule has 102 valence electrons. The molecule has 0 aliphatic carbocycles. The molecule has 0 spiro atoms. The normalized spacial score (nSPS) is 11.9. The van der Waals surface area contributed by atoms with Gasteiger partial charge in [-0.25, -0.2) is 15.0 Å². The Morgan fingerprint density at radius 3 is 2.74 bits per heavy atom. The zero-order valence-corrected chi connectivity index (χ0v) is 12.0. The van der Waals surface area contributed by atoms with Crippen molar-refractivity contribution in [3.05, 3.63) is 22.9 Å². The maximum atomic E-state index is 5.33. The second-order valence-electron chi connectivity index (χ2n) is 4.01. The van der Waals surface area contributed by atoms with Gasteiger partial charge >= 0.3 is 0 Å². The van der Waals surface area contributed by atoms with Crippen LogP contribution in [0, 0.1) is 0 Å². The van der Waals surface area contributed by atoms with E-state index in [9.17, 15) is 0 Å². The molecular weight excluding hydrogens is 262 g/mol. The molecule has 19 heavy (non-hydrogen) atoms. The molecule has 0 aliphatic heterocycles. The lowest BCUT2D eigenvalue weighted by molar-refractivity contribution is 0.414. The lowest BCUT2D eigenvalue weighted by Gasteiger charge is -2.14. The van der Waals surface area contributed by atoms with Gasteiger partial charge in [-0.15, -0.1) is 11.3 Å². The Bertz CT molecular complexity index is 517. The van der Waals surface area contributed by atoms with Crippen molar-refractivity contribution in [2.45, 2.75) is 12.8 Å². The van der Waals surface area contributed by atoms with Crippen molar-refractivity contribution in [1.82, 2.24) is 15.0 Å². The van der Waals surface area contributed by atoms with Crippen molar-refractivity contribution >= 4 is 23.0 Å². The standard InChI is InChI=1S/C12H17N5OS/c1-8(12-14-4-5-19-12)6-15-11-9(18-3)10(13-2)16-7-17-11/h4-5,7-8H,6H2,1-3H3,(H2,13,15,16,17). The van der Waals surface area contributed by atoms with Crippen LogP contribution in [0.25, 0.3) is 0 Å². The van der Waals surface area contributed by atoms with Gasteiger partial charge in [0, 0.05) is 31.1 Å². The zero-order valence-electron chi connectivity index (χ0n) is 11.2. The third-order valence-electron chi connectivity index (χ3n) is 2.69. The predicted molar refractivity (Wildman–Crippen MR) is 77.1 cm³/mol. The van der Waals surface area contributed by atoms with Crippen molar-refractivity contribution < 1.29 is 4.74 Å². The fourth-order valence-corrected chi connectivity index (χ4v) is 2.38. The van der Waals surface area contributed by atoms with E-state index in [1.165, 1.54) is 6.33 Å². The van der Waals surface area contributed by atoms with Crippen LogP contribution < -0.4 is 15.4 Å². The van der Waals surface area contributed by atoms with Crippen molar-refractivity contribution in [2.24, 2.45) is 0 Å². The lowest BCUT2D eigenvalue weighted by Crippen LogP contribution is -2.12. The van der Waals surface area contributed by atoms with E-state index in [1.54, 1.807) is 25.5 Å². The molecule has 2 aromatic heterocycles. The largest absolute Gasteiger partial charge is 0.490 e. The first-order chi connectivity index (χ1) is 9.26. The van der Waals surface area contributed by atoms with Gasteiger partial charge in [-0.2, -0.15) is 0 Å². The van der Waals surface area contributed by atoms with Gasteiger partial charge in [-0.3, -0.25) is 0 Å². The van der Waals surface area contributed by atoms with Gasteiger partial charge in [-0.1, -0.05) is 6.92 Å². The molecule has 1 atom stereocenters. The van der Waals surface area contributed by atoms with E-state index < -0.39 is 0 Å². The van der Waals surface area contributed by atoms with Crippen molar-refractivity contribution in [2.75, 3.05) is 31.3 Å². The topological polar surface area (TPSA) is 72.0 Å². The van der Waals surface area contributed by atoms with E-state index in [0.29, 0.717) is 23.3 Å². The van der Waals surface area contributed by atoms with Crippen LogP contribution in [0.15, 0.2) is 17.9 Å². The maximum absolute atomic E-state index is 5.33. The minimum atomic E-state index is 0.317. The minimum absolute atomic E-state index is 0.317. The summed E-state index contributed by atoms with van der Waals surface area (Å²) in [6.45, 7) is 2.86. The summed E-state index contributed by atoms with van der Waals surface area (Å²) >= 11 is 1.66. The molecule has 0 saturated carbocycles. The molecule has 0 radical (unpaired) electrons. The molecule has 2 aromatic rings. The van der Waals surface area contributed by atoms with Crippen LogP contribution in [-0.2, 0) is 0 Å². The number of thiazole rings is 1. The monoisotopic (exact) mass is 279 g/mol. The number of ether oxygens (including phenoxy) is 1. The van der Waals surface area contributed by atoms with Gasteiger partial charge in [-0.05, 0) is 0 Å². The molecule has 7 heteroatoms. The number of hydrogen-bond acceptors (Lipinski definition) is 7. The van der Waals surface area contributed by atoms with E-state index in [1.807, 2.05) is 11.6 Å². The van der Waals surface area contributed by atoms with Crippen LogP contribution in [0.2, 0.25) is 0 Å². The van der Waals surface area contributed by atoms with Gasteiger partial charge in [0.25, 0.3) is 0 Å². The number of nitrogens with one attached hydrogen (secondary N) is 2. The zero-order chi connectivity index (χ0) is 13.7. The van der Waals surface area contributed by atoms with Gasteiger partial charge in [0.2, 0.25) is 5.75 Å². The molecule has 2 rings (SSSR count). The second kappa shape index (κ2) is 6.33. The van der Waals surface area contributed by atoms with E-state index >= 15 is 0 Å². The third-order valence-corrected chi connectivity index (χ3v) is 3.70. The van der Waals surface area contributed by atoms with Crippen LogP contribution >= 0.6 is 11.3 Å². The first-order valence-corrected chi connectivity index (χ1v) is 6.84. The van der Waals surface area contributed by atoms with Gasteiger partial charge < -0.3 is 15.4 Å². The summed E-state index contributed by atoms with van der Waals surface area (Å²) in [4.78, 5) is 12.6. The molecule has 6 nitrogen and oxygen atoms in total. The molecule has 0 aliphatic rings. The molecule has 0 amide bonds. The second-order valence-corrected chi connectivity index (χ2v) is 4.93. The van der Waals surface area contributed by atoms with Gasteiger partial charge in [0.15, 0.2) is 11.6 Å². The summed E-state index contributed by atoms with van der Waals surface area (Å²) in [7, 11) is 3.40. The SMILES string of the molecule is CNc1ncnc(NCC(C)c2nccs2)c1OC. The number of aromatic nitrogens is 3. The van der Waals surface area contributed by atoms with Gasteiger partial charge in [0.05, 0.1) is 12.1 Å². The summed E-state index contributed by atoms with van der Waals surface area (Å²) in [5, 5.41) is 9.34.